The van der Waals surface area contributed by atoms with Crippen LogP contribution >= 0.6 is 0 Å². The zero-order valence-electron chi connectivity index (χ0n) is 9.37. The van der Waals surface area contributed by atoms with E-state index in [9.17, 15) is 0 Å². The molecule has 0 fully saturated rings. The molecule has 0 saturated carbocycles. The SMILES string of the molecule is CCCOc1nc(N)nc(-c2cnccn2)n1. The minimum absolute atomic E-state index is 0.103. The summed E-state index contributed by atoms with van der Waals surface area (Å²) in [5.41, 5.74) is 6.11. The van der Waals surface area contributed by atoms with Gasteiger partial charge in [-0.25, -0.2) is 4.98 Å². The number of nitrogens with two attached hydrogens (primary N) is 1. The van der Waals surface area contributed by atoms with Crippen LogP contribution in [0.1, 0.15) is 13.3 Å². The van der Waals surface area contributed by atoms with Crippen LogP contribution in [0.15, 0.2) is 18.6 Å². The van der Waals surface area contributed by atoms with Crippen molar-refractivity contribution in [2.75, 3.05) is 12.3 Å². The second kappa shape index (κ2) is 5.15. The van der Waals surface area contributed by atoms with E-state index in [-0.39, 0.29) is 12.0 Å². The molecule has 0 aromatic carbocycles. The van der Waals surface area contributed by atoms with E-state index in [1.165, 1.54) is 0 Å². The van der Waals surface area contributed by atoms with E-state index in [1.54, 1.807) is 18.6 Å². The summed E-state index contributed by atoms with van der Waals surface area (Å²) in [6.07, 6.45) is 5.55. The second-order valence-electron chi connectivity index (χ2n) is 3.24. The maximum absolute atomic E-state index is 5.58. The van der Waals surface area contributed by atoms with Gasteiger partial charge in [0, 0.05) is 12.4 Å². The molecule has 0 radical (unpaired) electrons. The Morgan fingerprint density at radius 1 is 1.24 bits per heavy atom. The predicted molar refractivity (Wildman–Crippen MR) is 61.1 cm³/mol. The maximum Gasteiger partial charge on any atom is 0.321 e. The first-order valence-corrected chi connectivity index (χ1v) is 5.20. The van der Waals surface area contributed by atoms with Gasteiger partial charge < -0.3 is 10.5 Å². The summed E-state index contributed by atoms with van der Waals surface area (Å²) in [4.78, 5) is 20.0. The molecular formula is C10H12N6O. The van der Waals surface area contributed by atoms with Gasteiger partial charge in [0.25, 0.3) is 0 Å². The molecule has 7 heteroatoms. The molecule has 2 aromatic rings. The molecule has 7 nitrogen and oxygen atoms in total. The van der Waals surface area contributed by atoms with E-state index >= 15 is 0 Å². The van der Waals surface area contributed by atoms with Crippen LogP contribution in [-0.4, -0.2) is 31.5 Å². The standard InChI is InChI=1S/C10H12N6O/c1-2-5-17-10-15-8(14-9(11)16-10)7-6-12-3-4-13-7/h3-4,6H,2,5H2,1H3,(H2,11,14,15,16). The van der Waals surface area contributed by atoms with Crippen LogP contribution in [0.3, 0.4) is 0 Å². The highest BCUT2D eigenvalue weighted by atomic mass is 16.5. The first kappa shape index (κ1) is 11.2. The molecule has 88 valence electrons. The fourth-order valence-electron chi connectivity index (χ4n) is 1.16. The summed E-state index contributed by atoms with van der Waals surface area (Å²) in [5, 5.41) is 0. The summed E-state index contributed by atoms with van der Waals surface area (Å²) in [5.74, 6) is 0.462. The molecule has 0 aliphatic rings. The molecule has 2 aromatic heterocycles. The van der Waals surface area contributed by atoms with Gasteiger partial charge in [0.2, 0.25) is 5.95 Å². The van der Waals surface area contributed by atoms with Crippen molar-refractivity contribution in [3.05, 3.63) is 18.6 Å². The van der Waals surface area contributed by atoms with Gasteiger partial charge in [-0.15, -0.1) is 0 Å². The van der Waals surface area contributed by atoms with Gasteiger partial charge in [-0.05, 0) is 6.42 Å². The third-order valence-electron chi connectivity index (χ3n) is 1.86. The molecule has 0 spiro atoms. The predicted octanol–water partition coefficient (Wildman–Crippen LogP) is 0.700. The molecule has 0 amide bonds. The van der Waals surface area contributed by atoms with Crippen LogP contribution < -0.4 is 10.5 Å². The van der Waals surface area contributed by atoms with Crippen LogP contribution in [0.25, 0.3) is 11.5 Å². The Morgan fingerprint density at radius 2 is 2.12 bits per heavy atom. The largest absolute Gasteiger partial charge is 0.463 e. The summed E-state index contributed by atoms with van der Waals surface area (Å²) in [6, 6.07) is 0.208. The van der Waals surface area contributed by atoms with Gasteiger partial charge >= 0.3 is 6.01 Å². The fraction of sp³-hybridized carbons (Fsp3) is 0.300. The van der Waals surface area contributed by atoms with Gasteiger partial charge in [-0.3, -0.25) is 4.98 Å². The molecule has 0 unspecified atom stereocenters. The third-order valence-corrected chi connectivity index (χ3v) is 1.86. The summed E-state index contributed by atoms with van der Waals surface area (Å²) in [7, 11) is 0. The lowest BCUT2D eigenvalue weighted by Crippen LogP contribution is -2.06. The fourth-order valence-corrected chi connectivity index (χ4v) is 1.16. The number of ether oxygens (including phenoxy) is 1. The monoisotopic (exact) mass is 232 g/mol. The smallest absolute Gasteiger partial charge is 0.321 e. The highest BCUT2D eigenvalue weighted by molar-refractivity contribution is 5.48. The molecule has 0 aliphatic heterocycles. The van der Waals surface area contributed by atoms with Crippen LogP contribution in [-0.2, 0) is 0 Å². The average Bonchev–Trinajstić information content (AvgIpc) is 2.37. The molecule has 2 N–H and O–H groups in total. The average molecular weight is 232 g/mol. The van der Waals surface area contributed by atoms with Crippen molar-refractivity contribution in [3.8, 4) is 17.5 Å². The molecule has 0 saturated heterocycles. The quantitative estimate of drug-likeness (QED) is 0.828. The zero-order chi connectivity index (χ0) is 12.1. The lowest BCUT2D eigenvalue weighted by atomic mass is 10.4. The van der Waals surface area contributed by atoms with Crippen molar-refractivity contribution in [1.29, 1.82) is 0 Å². The van der Waals surface area contributed by atoms with Crippen LogP contribution in [0.4, 0.5) is 5.95 Å². The van der Waals surface area contributed by atoms with Crippen LogP contribution in [0.2, 0.25) is 0 Å². The van der Waals surface area contributed by atoms with Gasteiger partial charge in [-0.2, -0.15) is 15.0 Å². The number of anilines is 1. The van der Waals surface area contributed by atoms with Crippen molar-refractivity contribution < 1.29 is 4.74 Å². The molecule has 2 heterocycles. The van der Waals surface area contributed by atoms with Crippen molar-refractivity contribution >= 4 is 5.95 Å². The zero-order valence-corrected chi connectivity index (χ0v) is 9.37. The van der Waals surface area contributed by atoms with Crippen LogP contribution in [0, 0.1) is 0 Å². The van der Waals surface area contributed by atoms with Gasteiger partial charge in [0.05, 0.1) is 12.8 Å². The minimum atomic E-state index is 0.103. The van der Waals surface area contributed by atoms with E-state index in [4.69, 9.17) is 10.5 Å². The Morgan fingerprint density at radius 3 is 2.82 bits per heavy atom. The van der Waals surface area contributed by atoms with Crippen molar-refractivity contribution in [3.63, 3.8) is 0 Å². The van der Waals surface area contributed by atoms with E-state index in [0.29, 0.717) is 18.1 Å². The lowest BCUT2D eigenvalue weighted by molar-refractivity contribution is 0.292. The minimum Gasteiger partial charge on any atom is -0.463 e. The van der Waals surface area contributed by atoms with Crippen LogP contribution in [0.5, 0.6) is 6.01 Å². The Labute approximate surface area is 98.1 Å². The Kier molecular flexibility index (Phi) is 3.39. The Balaban J connectivity index is 2.32. The number of aromatic nitrogens is 5. The molecule has 2 rings (SSSR count). The van der Waals surface area contributed by atoms with Crippen molar-refractivity contribution in [2.24, 2.45) is 0 Å². The molecule has 0 bridgehead atoms. The molecular weight excluding hydrogens is 220 g/mol. The molecule has 0 atom stereocenters. The highest BCUT2D eigenvalue weighted by Crippen LogP contribution is 2.14. The summed E-state index contributed by atoms with van der Waals surface area (Å²) < 4.78 is 5.31. The van der Waals surface area contributed by atoms with Gasteiger partial charge in [-0.1, -0.05) is 6.92 Å². The van der Waals surface area contributed by atoms with E-state index < -0.39 is 0 Å². The van der Waals surface area contributed by atoms with E-state index in [2.05, 4.69) is 24.9 Å². The van der Waals surface area contributed by atoms with Crippen molar-refractivity contribution in [1.82, 2.24) is 24.9 Å². The normalized spacial score (nSPS) is 10.2. The Bertz CT molecular complexity index is 489. The molecule has 0 aliphatic carbocycles. The molecule has 17 heavy (non-hydrogen) atoms. The number of nitrogens with zero attached hydrogens (tertiary/aromatic N) is 5. The topological polar surface area (TPSA) is 99.7 Å². The first-order chi connectivity index (χ1) is 8.29. The Hall–Kier alpha value is -2.31. The first-order valence-electron chi connectivity index (χ1n) is 5.20. The maximum atomic E-state index is 5.58. The van der Waals surface area contributed by atoms with Gasteiger partial charge in [0.15, 0.2) is 5.82 Å². The van der Waals surface area contributed by atoms with E-state index in [1.807, 2.05) is 6.92 Å². The number of hydrogen-bond donors (Lipinski definition) is 1. The number of rotatable bonds is 4. The number of nitrogen functional groups attached to an aromatic ring is 1. The van der Waals surface area contributed by atoms with E-state index in [0.717, 1.165) is 6.42 Å². The van der Waals surface area contributed by atoms with Gasteiger partial charge in [0.1, 0.15) is 5.69 Å². The second-order valence-corrected chi connectivity index (χ2v) is 3.24. The van der Waals surface area contributed by atoms with Crippen molar-refractivity contribution in [2.45, 2.75) is 13.3 Å². The lowest BCUT2D eigenvalue weighted by Gasteiger charge is -2.04. The summed E-state index contributed by atoms with van der Waals surface area (Å²) >= 11 is 0. The summed E-state index contributed by atoms with van der Waals surface area (Å²) in [6.45, 7) is 2.53. The highest BCUT2D eigenvalue weighted by Gasteiger charge is 2.08. The number of hydrogen-bond acceptors (Lipinski definition) is 7. The third kappa shape index (κ3) is 2.83.